The minimum Gasteiger partial charge on any atom is -0.496 e. The Hall–Kier alpha value is -0.750. The van der Waals surface area contributed by atoms with Crippen LogP contribution in [0.3, 0.4) is 0 Å². The summed E-state index contributed by atoms with van der Waals surface area (Å²) >= 11 is 3.33. The molecule has 0 atom stereocenters. The number of alkyl halides is 3. The van der Waals surface area contributed by atoms with Crippen LogP contribution in [0.2, 0.25) is 0 Å². The first-order valence-electron chi connectivity index (χ1n) is 5.86. The molecule has 0 N–H and O–H groups in total. The third kappa shape index (κ3) is 5.40. The molecule has 0 aromatic heterocycles. The molecule has 6 heteroatoms. The third-order valence-corrected chi connectivity index (χ3v) is 3.33. The fourth-order valence-corrected chi connectivity index (χ4v) is 2.28. The van der Waals surface area contributed by atoms with Gasteiger partial charge < -0.3 is 4.74 Å². The number of rotatable bonds is 5. The summed E-state index contributed by atoms with van der Waals surface area (Å²) in [5, 5.41) is 0. The smallest absolute Gasteiger partial charge is 0.401 e. The number of halogens is 4. The van der Waals surface area contributed by atoms with E-state index in [1.807, 2.05) is 0 Å². The molecule has 1 rings (SSSR count). The van der Waals surface area contributed by atoms with Crippen LogP contribution >= 0.6 is 15.9 Å². The van der Waals surface area contributed by atoms with Crippen molar-refractivity contribution in [3.63, 3.8) is 0 Å². The Morgan fingerprint density at radius 2 is 1.95 bits per heavy atom. The molecule has 0 radical (unpaired) electrons. The molecule has 0 bridgehead atoms. The minimum absolute atomic E-state index is 0.178. The van der Waals surface area contributed by atoms with Gasteiger partial charge in [0.2, 0.25) is 0 Å². The van der Waals surface area contributed by atoms with Crippen molar-refractivity contribution >= 4 is 15.9 Å². The molecule has 2 nitrogen and oxygen atoms in total. The van der Waals surface area contributed by atoms with Crippen LogP contribution in [0.25, 0.3) is 0 Å². The normalized spacial score (nSPS) is 12.3. The zero-order valence-corrected chi connectivity index (χ0v) is 12.7. The average Bonchev–Trinajstić information content (AvgIpc) is 2.26. The monoisotopic (exact) mass is 339 g/mol. The highest BCUT2D eigenvalue weighted by molar-refractivity contribution is 9.10. The molecule has 1 aromatic rings. The van der Waals surface area contributed by atoms with Crippen LogP contribution < -0.4 is 4.74 Å². The molecule has 0 heterocycles. The van der Waals surface area contributed by atoms with Crippen molar-refractivity contribution in [2.24, 2.45) is 0 Å². The summed E-state index contributed by atoms with van der Waals surface area (Å²) in [6.45, 7) is 2.85. The SMILES string of the molecule is COc1ccc(CN(CC(F)(F)F)C(C)C)cc1Br. The lowest BCUT2D eigenvalue weighted by Crippen LogP contribution is -2.38. The molecule has 0 aliphatic carbocycles. The summed E-state index contributed by atoms with van der Waals surface area (Å²) in [7, 11) is 1.55. The van der Waals surface area contributed by atoms with E-state index in [2.05, 4.69) is 15.9 Å². The highest BCUT2D eigenvalue weighted by Crippen LogP contribution is 2.27. The Morgan fingerprint density at radius 3 is 2.37 bits per heavy atom. The summed E-state index contributed by atoms with van der Waals surface area (Å²) in [6, 6.07) is 5.12. The van der Waals surface area contributed by atoms with Gasteiger partial charge in [-0.3, -0.25) is 4.90 Å². The maximum Gasteiger partial charge on any atom is 0.401 e. The van der Waals surface area contributed by atoms with Crippen molar-refractivity contribution in [2.75, 3.05) is 13.7 Å². The molecule has 0 amide bonds. The topological polar surface area (TPSA) is 12.5 Å². The Balaban J connectivity index is 2.82. The molecule has 19 heavy (non-hydrogen) atoms. The van der Waals surface area contributed by atoms with Crippen LogP contribution in [0.5, 0.6) is 5.75 Å². The van der Waals surface area contributed by atoms with Gasteiger partial charge in [0, 0.05) is 12.6 Å². The first kappa shape index (κ1) is 16.3. The lowest BCUT2D eigenvalue weighted by atomic mass is 10.2. The van der Waals surface area contributed by atoms with Crippen molar-refractivity contribution in [3.05, 3.63) is 28.2 Å². The van der Waals surface area contributed by atoms with E-state index in [4.69, 9.17) is 4.74 Å². The van der Waals surface area contributed by atoms with E-state index in [1.165, 1.54) is 4.90 Å². The molecular formula is C13H17BrF3NO. The number of hydrogen-bond donors (Lipinski definition) is 0. The van der Waals surface area contributed by atoms with E-state index in [0.717, 1.165) is 10.0 Å². The molecule has 108 valence electrons. The number of benzene rings is 1. The second-order valence-corrected chi connectivity index (χ2v) is 5.44. The Labute approximate surface area is 119 Å². The van der Waals surface area contributed by atoms with Gasteiger partial charge >= 0.3 is 6.18 Å². The van der Waals surface area contributed by atoms with Crippen LogP contribution in [-0.4, -0.2) is 30.8 Å². The van der Waals surface area contributed by atoms with Crippen LogP contribution in [0.1, 0.15) is 19.4 Å². The molecule has 0 unspecified atom stereocenters. The summed E-state index contributed by atoms with van der Waals surface area (Å²) in [5.41, 5.74) is 0.811. The van der Waals surface area contributed by atoms with Crippen molar-refractivity contribution in [1.82, 2.24) is 4.90 Å². The molecule has 0 fully saturated rings. The maximum atomic E-state index is 12.5. The Morgan fingerprint density at radius 1 is 1.32 bits per heavy atom. The standard InChI is InChI=1S/C13H17BrF3NO/c1-9(2)18(8-13(15,16)17)7-10-4-5-12(19-3)11(14)6-10/h4-6,9H,7-8H2,1-3H3. The van der Waals surface area contributed by atoms with Gasteiger partial charge in [-0.05, 0) is 47.5 Å². The van der Waals surface area contributed by atoms with Gasteiger partial charge in [0.15, 0.2) is 0 Å². The van der Waals surface area contributed by atoms with E-state index in [-0.39, 0.29) is 12.6 Å². The molecule has 0 saturated carbocycles. The molecule has 0 aliphatic rings. The van der Waals surface area contributed by atoms with Crippen molar-refractivity contribution < 1.29 is 17.9 Å². The van der Waals surface area contributed by atoms with Gasteiger partial charge in [-0.2, -0.15) is 13.2 Å². The van der Waals surface area contributed by atoms with Crippen LogP contribution in [0.4, 0.5) is 13.2 Å². The molecular weight excluding hydrogens is 323 g/mol. The average molecular weight is 340 g/mol. The predicted molar refractivity (Wildman–Crippen MR) is 72.3 cm³/mol. The number of hydrogen-bond acceptors (Lipinski definition) is 2. The van der Waals surface area contributed by atoms with E-state index in [9.17, 15) is 13.2 Å². The first-order valence-corrected chi connectivity index (χ1v) is 6.65. The summed E-state index contributed by atoms with van der Waals surface area (Å²) in [5.74, 6) is 0.663. The van der Waals surface area contributed by atoms with Gasteiger partial charge in [0.25, 0.3) is 0 Å². The predicted octanol–water partition coefficient (Wildman–Crippen LogP) is 4.23. The second-order valence-electron chi connectivity index (χ2n) is 4.58. The van der Waals surface area contributed by atoms with E-state index < -0.39 is 12.7 Å². The third-order valence-electron chi connectivity index (χ3n) is 2.71. The van der Waals surface area contributed by atoms with E-state index >= 15 is 0 Å². The van der Waals surface area contributed by atoms with Gasteiger partial charge in [-0.25, -0.2) is 0 Å². The van der Waals surface area contributed by atoms with Crippen LogP contribution in [0.15, 0.2) is 22.7 Å². The van der Waals surface area contributed by atoms with Crippen LogP contribution in [0, 0.1) is 0 Å². The highest BCUT2D eigenvalue weighted by atomic mass is 79.9. The van der Waals surface area contributed by atoms with Gasteiger partial charge in [0.1, 0.15) is 5.75 Å². The van der Waals surface area contributed by atoms with Crippen molar-refractivity contribution in [2.45, 2.75) is 32.6 Å². The fraction of sp³-hybridized carbons (Fsp3) is 0.538. The van der Waals surface area contributed by atoms with Crippen molar-refractivity contribution in [1.29, 1.82) is 0 Å². The minimum atomic E-state index is -4.19. The quantitative estimate of drug-likeness (QED) is 0.795. The Bertz CT molecular complexity index is 421. The lowest BCUT2D eigenvalue weighted by molar-refractivity contribution is -0.150. The second kappa shape index (κ2) is 6.61. The first-order chi connectivity index (χ1) is 8.73. The van der Waals surface area contributed by atoms with Gasteiger partial charge in [0.05, 0.1) is 18.1 Å². The fourth-order valence-electron chi connectivity index (χ4n) is 1.69. The molecule has 0 aliphatic heterocycles. The van der Waals surface area contributed by atoms with Crippen molar-refractivity contribution in [3.8, 4) is 5.75 Å². The summed E-state index contributed by atoms with van der Waals surface area (Å²) in [4.78, 5) is 1.38. The zero-order chi connectivity index (χ0) is 14.6. The highest BCUT2D eigenvalue weighted by Gasteiger charge is 2.31. The maximum absolute atomic E-state index is 12.5. The van der Waals surface area contributed by atoms with Gasteiger partial charge in [-0.15, -0.1) is 0 Å². The summed E-state index contributed by atoms with van der Waals surface area (Å²) in [6.07, 6.45) is -4.19. The lowest BCUT2D eigenvalue weighted by Gasteiger charge is -2.27. The molecule has 0 spiro atoms. The number of nitrogens with zero attached hydrogens (tertiary/aromatic N) is 1. The van der Waals surface area contributed by atoms with Crippen LogP contribution in [-0.2, 0) is 6.54 Å². The largest absolute Gasteiger partial charge is 0.496 e. The zero-order valence-electron chi connectivity index (χ0n) is 11.1. The number of ether oxygens (including phenoxy) is 1. The molecule has 1 aromatic carbocycles. The van der Waals surface area contributed by atoms with E-state index in [0.29, 0.717) is 5.75 Å². The summed E-state index contributed by atoms with van der Waals surface area (Å²) < 4.78 is 43.3. The Kier molecular flexibility index (Phi) is 5.67. The number of methoxy groups -OCH3 is 1. The van der Waals surface area contributed by atoms with Gasteiger partial charge in [-0.1, -0.05) is 6.07 Å². The molecule has 0 saturated heterocycles. The van der Waals surface area contributed by atoms with E-state index in [1.54, 1.807) is 39.2 Å².